The van der Waals surface area contributed by atoms with Crippen LogP contribution in [0.25, 0.3) is 11.0 Å². The average Bonchev–Trinajstić information content (AvgIpc) is 3.02. The van der Waals surface area contributed by atoms with E-state index < -0.39 is 0 Å². The molecule has 3 aromatic rings. The van der Waals surface area contributed by atoms with Gasteiger partial charge in [0.15, 0.2) is 0 Å². The van der Waals surface area contributed by atoms with Gasteiger partial charge in [-0.2, -0.15) is 0 Å². The maximum absolute atomic E-state index is 6.00. The number of aromatic nitrogens is 2. The van der Waals surface area contributed by atoms with Gasteiger partial charge in [-0.15, -0.1) is 22.9 Å². The molecule has 2 heterocycles. The van der Waals surface area contributed by atoms with Crippen molar-refractivity contribution in [2.24, 2.45) is 0 Å². The fraction of sp³-hybridized carbons (Fsp3) is 0.214. The standard InChI is InChI=1S/C14H12Cl2N2S/c15-9-14-17-12-8-10(16)3-4-13(12)18(14)6-5-11-2-1-7-19-11/h1-4,7-8H,5-6,9H2. The number of alkyl halides is 1. The lowest BCUT2D eigenvalue weighted by Gasteiger charge is -2.06. The second-order valence-electron chi connectivity index (χ2n) is 4.28. The number of rotatable bonds is 4. The molecule has 0 saturated carbocycles. The van der Waals surface area contributed by atoms with E-state index in [-0.39, 0.29) is 0 Å². The molecule has 0 radical (unpaired) electrons. The molecule has 0 aliphatic heterocycles. The van der Waals surface area contributed by atoms with Gasteiger partial charge in [-0.1, -0.05) is 17.7 Å². The van der Waals surface area contributed by atoms with Gasteiger partial charge in [0.25, 0.3) is 0 Å². The highest BCUT2D eigenvalue weighted by Crippen LogP contribution is 2.22. The van der Waals surface area contributed by atoms with E-state index in [2.05, 4.69) is 27.1 Å². The van der Waals surface area contributed by atoms with Crippen LogP contribution in [0.15, 0.2) is 35.7 Å². The van der Waals surface area contributed by atoms with Crippen LogP contribution in [0.4, 0.5) is 0 Å². The summed E-state index contributed by atoms with van der Waals surface area (Å²) < 4.78 is 2.18. The lowest BCUT2D eigenvalue weighted by molar-refractivity contribution is 0.693. The fourth-order valence-electron chi connectivity index (χ4n) is 2.18. The molecule has 19 heavy (non-hydrogen) atoms. The molecule has 2 nitrogen and oxygen atoms in total. The molecule has 0 atom stereocenters. The SMILES string of the molecule is ClCc1nc2cc(Cl)ccc2n1CCc1cccs1. The van der Waals surface area contributed by atoms with Gasteiger partial charge in [0.2, 0.25) is 0 Å². The summed E-state index contributed by atoms with van der Waals surface area (Å²) in [6.07, 6.45) is 0.996. The Bertz CT molecular complexity index is 689. The molecule has 3 rings (SSSR count). The lowest BCUT2D eigenvalue weighted by Crippen LogP contribution is -2.04. The molecule has 0 saturated heterocycles. The van der Waals surface area contributed by atoms with Gasteiger partial charge in [0, 0.05) is 16.4 Å². The Morgan fingerprint density at radius 2 is 2.16 bits per heavy atom. The van der Waals surface area contributed by atoms with E-state index in [0.717, 1.165) is 29.8 Å². The van der Waals surface area contributed by atoms with Gasteiger partial charge in [0.05, 0.1) is 16.9 Å². The first-order chi connectivity index (χ1) is 9.28. The number of nitrogens with zero attached hydrogens (tertiary/aromatic N) is 2. The second kappa shape index (κ2) is 5.53. The Morgan fingerprint density at radius 1 is 1.26 bits per heavy atom. The average molecular weight is 311 g/mol. The minimum atomic E-state index is 0.413. The molecule has 0 N–H and O–H groups in total. The Kier molecular flexibility index (Phi) is 3.78. The zero-order valence-corrected chi connectivity index (χ0v) is 12.5. The van der Waals surface area contributed by atoms with Crippen LogP contribution in [0.3, 0.4) is 0 Å². The Labute approximate surface area is 125 Å². The van der Waals surface area contributed by atoms with Crippen molar-refractivity contribution in [2.75, 3.05) is 0 Å². The molecule has 1 aromatic carbocycles. The normalized spacial score (nSPS) is 11.3. The van der Waals surface area contributed by atoms with Crippen molar-refractivity contribution in [3.8, 4) is 0 Å². The second-order valence-corrected chi connectivity index (χ2v) is 6.01. The third kappa shape index (κ3) is 2.64. The zero-order valence-electron chi connectivity index (χ0n) is 10.1. The van der Waals surface area contributed by atoms with Gasteiger partial charge in [-0.05, 0) is 36.1 Å². The molecule has 5 heteroatoms. The van der Waals surface area contributed by atoms with Gasteiger partial charge in [0.1, 0.15) is 5.82 Å². The predicted octanol–water partition coefficient (Wildman–Crippen LogP) is 4.73. The number of hydrogen-bond donors (Lipinski definition) is 0. The first-order valence-electron chi connectivity index (χ1n) is 6.01. The van der Waals surface area contributed by atoms with Crippen molar-refractivity contribution in [3.63, 3.8) is 0 Å². The number of thiophene rings is 1. The largest absolute Gasteiger partial charge is 0.327 e. The van der Waals surface area contributed by atoms with Crippen molar-refractivity contribution in [1.82, 2.24) is 9.55 Å². The van der Waals surface area contributed by atoms with Crippen molar-refractivity contribution in [1.29, 1.82) is 0 Å². The maximum Gasteiger partial charge on any atom is 0.124 e. The predicted molar refractivity (Wildman–Crippen MR) is 82.3 cm³/mol. The van der Waals surface area contributed by atoms with Crippen LogP contribution in [0, 0.1) is 0 Å². The van der Waals surface area contributed by atoms with Crippen molar-refractivity contribution >= 4 is 45.6 Å². The number of hydrogen-bond acceptors (Lipinski definition) is 2. The maximum atomic E-state index is 6.00. The number of halogens is 2. The van der Waals surface area contributed by atoms with Crippen LogP contribution in [0.1, 0.15) is 10.7 Å². The summed E-state index contributed by atoms with van der Waals surface area (Å²) in [5.41, 5.74) is 2.01. The van der Waals surface area contributed by atoms with Crippen molar-refractivity contribution < 1.29 is 0 Å². The third-order valence-electron chi connectivity index (χ3n) is 3.07. The molecular formula is C14H12Cl2N2S. The van der Waals surface area contributed by atoms with Crippen LogP contribution >= 0.6 is 34.5 Å². The van der Waals surface area contributed by atoms with Crippen molar-refractivity contribution in [3.05, 3.63) is 51.4 Å². The van der Waals surface area contributed by atoms with Gasteiger partial charge < -0.3 is 4.57 Å². The highest BCUT2D eigenvalue weighted by Gasteiger charge is 2.10. The van der Waals surface area contributed by atoms with Crippen LogP contribution in [-0.2, 0) is 18.8 Å². The molecule has 0 aliphatic rings. The summed E-state index contributed by atoms with van der Waals surface area (Å²) in [7, 11) is 0. The zero-order chi connectivity index (χ0) is 13.2. The Balaban J connectivity index is 1.96. The molecule has 2 aromatic heterocycles. The summed E-state index contributed by atoms with van der Waals surface area (Å²) in [4.78, 5) is 5.91. The smallest absolute Gasteiger partial charge is 0.124 e. The lowest BCUT2D eigenvalue weighted by atomic mass is 10.3. The third-order valence-corrected chi connectivity index (χ3v) is 4.48. The van der Waals surface area contributed by atoms with E-state index in [1.54, 1.807) is 11.3 Å². The summed E-state index contributed by atoms with van der Waals surface area (Å²) in [5, 5.41) is 2.81. The van der Waals surface area contributed by atoms with Crippen LogP contribution < -0.4 is 0 Å². The fourth-order valence-corrected chi connectivity index (χ4v) is 3.25. The van der Waals surface area contributed by atoms with Crippen LogP contribution in [0.2, 0.25) is 5.02 Å². The highest BCUT2D eigenvalue weighted by molar-refractivity contribution is 7.09. The van der Waals surface area contributed by atoms with Crippen molar-refractivity contribution in [2.45, 2.75) is 18.8 Å². The minimum Gasteiger partial charge on any atom is -0.327 e. The molecule has 0 unspecified atom stereocenters. The summed E-state index contributed by atoms with van der Waals surface area (Å²) >= 11 is 13.8. The van der Waals surface area contributed by atoms with Crippen LogP contribution in [-0.4, -0.2) is 9.55 Å². The van der Waals surface area contributed by atoms with E-state index in [0.29, 0.717) is 10.9 Å². The summed E-state index contributed by atoms with van der Waals surface area (Å²) in [6, 6.07) is 10.0. The molecule has 0 spiro atoms. The molecule has 0 aliphatic carbocycles. The minimum absolute atomic E-state index is 0.413. The molecule has 0 amide bonds. The number of aryl methyl sites for hydroxylation is 2. The highest BCUT2D eigenvalue weighted by atomic mass is 35.5. The first-order valence-corrected chi connectivity index (χ1v) is 7.80. The first kappa shape index (κ1) is 13.0. The van der Waals surface area contributed by atoms with E-state index in [1.165, 1.54) is 4.88 Å². The molecular weight excluding hydrogens is 299 g/mol. The molecule has 0 fully saturated rings. The van der Waals surface area contributed by atoms with E-state index in [9.17, 15) is 0 Å². The van der Waals surface area contributed by atoms with E-state index >= 15 is 0 Å². The molecule has 0 bridgehead atoms. The number of fused-ring (bicyclic) bond motifs is 1. The monoisotopic (exact) mass is 310 g/mol. The summed E-state index contributed by atoms with van der Waals surface area (Å²) in [6.45, 7) is 0.890. The van der Waals surface area contributed by atoms with Crippen LogP contribution in [0.5, 0.6) is 0 Å². The Hall–Kier alpha value is -1.03. The summed E-state index contributed by atoms with van der Waals surface area (Å²) in [5.74, 6) is 1.31. The number of imidazole rings is 1. The van der Waals surface area contributed by atoms with Gasteiger partial charge in [-0.3, -0.25) is 0 Å². The number of benzene rings is 1. The quantitative estimate of drug-likeness (QED) is 0.637. The Morgan fingerprint density at radius 3 is 2.89 bits per heavy atom. The van der Waals surface area contributed by atoms with E-state index in [4.69, 9.17) is 23.2 Å². The van der Waals surface area contributed by atoms with E-state index in [1.807, 2.05) is 18.2 Å². The van der Waals surface area contributed by atoms with Gasteiger partial charge >= 0.3 is 0 Å². The topological polar surface area (TPSA) is 17.8 Å². The molecule has 98 valence electrons. The van der Waals surface area contributed by atoms with Gasteiger partial charge in [-0.25, -0.2) is 4.98 Å².